The van der Waals surface area contributed by atoms with Gasteiger partial charge in [0.25, 0.3) is 11.8 Å². The molecule has 0 aliphatic carbocycles. The lowest BCUT2D eigenvalue weighted by Gasteiger charge is -2.42. The second-order valence-corrected chi connectivity index (χ2v) is 13.2. The van der Waals surface area contributed by atoms with Gasteiger partial charge in [-0.3, -0.25) is 18.9 Å². The van der Waals surface area contributed by atoms with Crippen LogP contribution in [0.15, 0.2) is 34.3 Å². The number of hydrogen-bond acceptors (Lipinski definition) is 11. The summed E-state index contributed by atoms with van der Waals surface area (Å²) < 4.78 is 60.0. The summed E-state index contributed by atoms with van der Waals surface area (Å²) in [6, 6.07) is 1.87. The van der Waals surface area contributed by atoms with Crippen LogP contribution in [0.4, 0.5) is 13.6 Å². The first-order valence-electron chi connectivity index (χ1n) is 15.3. The number of halogens is 2. The Morgan fingerprint density at radius 1 is 1.27 bits per heavy atom. The zero-order valence-electron chi connectivity index (χ0n) is 26.7. The maximum Gasteiger partial charge on any atom is 0.511 e. The first-order chi connectivity index (χ1) is 23.1. The van der Waals surface area contributed by atoms with Crippen LogP contribution in [-0.4, -0.2) is 80.6 Å². The molecule has 266 valence electrons. The first kappa shape index (κ1) is 35.9. The Morgan fingerprint density at radius 3 is 2.67 bits per heavy atom. The molecule has 2 aromatic rings. The molecular formula is C30H35F2N4O12P. The molecule has 0 saturated carbocycles. The minimum Gasteiger partial charge on any atom is -0.451 e. The van der Waals surface area contributed by atoms with Gasteiger partial charge >= 0.3 is 14.0 Å². The maximum absolute atomic E-state index is 14.3. The fraction of sp³-hybridized carbons (Fsp3) is 0.500. The summed E-state index contributed by atoms with van der Waals surface area (Å²) in [6.07, 6.45) is 0.278. The molecule has 3 aliphatic heterocycles. The van der Waals surface area contributed by atoms with E-state index < -0.39 is 91.9 Å². The monoisotopic (exact) mass is 712 g/mol. The lowest BCUT2D eigenvalue weighted by molar-refractivity contribution is -0.0659. The Labute approximate surface area is 278 Å². The van der Waals surface area contributed by atoms with Gasteiger partial charge in [0, 0.05) is 43.4 Å². The molecule has 1 fully saturated rings. The number of oxime groups is 1. The van der Waals surface area contributed by atoms with E-state index in [9.17, 15) is 32.5 Å². The molecule has 1 spiro atoms. The summed E-state index contributed by atoms with van der Waals surface area (Å²) in [5.41, 5.74) is -2.06. The smallest absolute Gasteiger partial charge is 0.451 e. The number of benzene rings is 1. The topological polar surface area (TPSA) is 205 Å². The van der Waals surface area contributed by atoms with Gasteiger partial charge in [-0.2, -0.15) is 0 Å². The predicted octanol–water partition coefficient (Wildman–Crippen LogP) is 3.15. The number of nitrogens with zero attached hydrogens (tertiary/aromatic N) is 3. The fourth-order valence-corrected chi connectivity index (χ4v) is 6.42. The van der Waals surface area contributed by atoms with Crippen molar-refractivity contribution in [2.75, 3.05) is 19.9 Å². The summed E-state index contributed by atoms with van der Waals surface area (Å²) in [5.74, 6) is -3.90. The molecule has 1 aromatic heterocycles. The third-order valence-electron chi connectivity index (χ3n) is 8.65. The largest absolute Gasteiger partial charge is 0.511 e. The number of ether oxygens (including phenoxy) is 3. The van der Waals surface area contributed by atoms with Crippen molar-refractivity contribution in [3.05, 3.63) is 63.1 Å². The van der Waals surface area contributed by atoms with Gasteiger partial charge in [0.2, 0.25) is 18.0 Å². The van der Waals surface area contributed by atoms with Crippen LogP contribution in [0.5, 0.6) is 5.75 Å². The summed E-state index contributed by atoms with van der Waals surface area (Å²) in [4.78, 5) is 79.1. The highest BCUT2D eigenvalue weighted by atomic mass is 31.2. The number of rotatable bonds is 11. The van der Waals surface area contributed by atoms with Crippen molar-refractivity contribution in [3.63, 3.8) is 0 Å². The van der Waals surface area contributed by atoms with E-state index in [0.717, 1.165) is 12.1 Å². The molecule has 5 rings (SSSR count). The molecule has 3 N–H and O–H groups in total. The highest BCUT2D eigenvalue weighted by Crippen LogP contribution is 2.46. The lowest BCUT2D eigenvalue weighted by Crippen LogP contribution is -2.52. The third kappa shape index (κ3) is 7.77. The van der Waals surface area contributed by atoms with E-state index in [-0.39, 0.29) is 30.3 Å². The van der Waals surface area contributed by atoms with Crippen molar-refractivity contribution in [1.82, 2.24) is 14.8 Å². The third-order valence-corrected chi connectivity index (χ3v) is 9.14. The second kappa shape index (κ2) is 14.2. The summed E-state index contributed by atoms with van der Waals surface area (Å²) >= 11 is 0. The van der Waals surface area contributed by atoms with Crippen molar-refractivity contribution < 1.29 is 61.1 Å². The van der Waals surface area contributed by atoms with Crippen LogP contribution in [0.25, 0.3) is 0 Å². The molecule has 2 amide bonds. The van der Waals surface area contributed by atoms with Gasteiger partial charge in [-0.05, 0) is 39.2 Å². The molecule has 2 bridgehead atoms. The first-order valence-corrected chi connectivity index (χ1v) is 16.9. The number of amides is 2. The number of aromatic nitrogens is 1. The molecule has 19 heteroatoms. The van der Waals surface area contributed by atoms with Crippen LogP contribution in [0, 0.1) is 11.6 Å². The van der Waals surface area contributed by atoms with Crippen LogP contribution in [-0.2, 0) is 29.9 Å². The van der Waals surface area contributed by atoms with E-state index >= 15 is 0 Å². The number of hydrogen-bond donors (Lipinski definition) is 3. The highest BCUT2D eigenvalue weighted by Gasteiger charge is 2.54. The highest BCUT2D eigenvalue weighted by molar-refractivity contribution is 7.46. The maximum atomic E-state index is 14.3. The Balaban J connectivity index is 1.47. The van der Waals surface area contributed by atoms with Crippen molar-refractivity contribution in [3.8, 4) is 5.75 Å². The van der Waals surface area contributed by atoms with Crippen molar-refractivity contribution >= 4 is 31.5 Å². The molecule has 4 heterocycles. The van der Waals surface area contributed by atoms with Gasteiger partial charge in [-0.1, -0.05) is 18.1 Å². The van der Waals surface area contributed by atoms with Gasteiger partial charge in [0.05, 0.1) is 18.4 Å². The number of carbonyl (C=O) groups excluding carboxylic acids is 3. The Hall–Kier alpha value is -4.38. The van der Waals surface area contributed by atoms with Crippen LogP contribution in [0.2, 0.25) is 0 Å². The van der Waals surface area contributed by atoms with Crippen molar-refractivity contribution in [2.24, 2.45) is 5.16 Å². The number of carbonyl (C=O) groups is 3. The average molecular weight is 713 g/mol. The Kier molecular flexibility index (Phi) is 10.4. The van der Waals surface area contributed by atoms with Gasteiger partial charge in [-0.15, -0.1) is 0 Å². The molecule has 3 aliphatic rings. The van der Waals surface area contributed by atoms with Crippen molar-refractivity contribution in [1.29, 1.82) is 0 Å². The predicted molar refractivity (Wildman–Crippen MR) is 164 cm³/mol. The van der Waals surface area contributed by atoms with E-state index in [0.29, 0.717) is 31.0 Å². The minimum atomic E-state index is -4.84. The van der Waals surface area contributed by atoms with E-state index in [1.165, 1.54) is 10.8 Å². The zero-order chi connectivity index (χ0) is 35.7. The molecule has 16 nitrogen and oxygen atoms in total. The van der Waals surface area contributed by atoms with Crippen LogP contribution in [0.3, 0.4) is 0 Å². The van der Waals surface area contributed by atoms with Gasteiger partial charge in [-0.25, -0.2) is 18.1 Å². The standard InChI is InChI=1S/C30H35F2N4O12P/c1-4-20(14-46-49(41,42)43)47-29(40)45-15-44-26-24-28(39)35-13-23(30(8-7-17(35)3)10-16(2)34-48-30)36(24)12-21(25(26)37)27(38)33-11-18-5-6-19(31)9-22(18)32/h5-6,9,12,17,20,23H,4,7-8,10-11,13-15H2,1-3H3,(H,33,38)(H2,41,42,43)/t17-,20-,23+,30-/m0/s1. The minimum absolute atomic E-state index is 0.0534. The number of fused-ring (bicyclic) bond motifs is 5. The van der Waals surface area contributed by atoms with Crippen LogP contribution < -0.4 is 15.5 Å². The average Bonchev–Trinajstić information content (AvgIpc) is 3.37. The number of phosphoric ester groups is 1. The van der Waals surface area contributed by atoms with E-state index in [1.54, 1.807) is 18.7 Å². The Bertz CT molecular complexity index is 1780. The fourth-order valence-electron chi connectivity index (χ4n) is 6.06. The number of phosphoric acid groups is 1. The summed E-state index contributed by atoms with van der Waals surface area (Å²) in [7, 11) is -4.84. The number of nitrogens with one attached hydrogen (secondary N) is 1. The SMILES string of the molecule is CC[C@@H](COP(=O)(O)O)OC(=O)OCOc1c2n(cc(C(=O)NCc3ccc(F)cc3F)c1=O)[C@@H]1CN(C2=O)[C@@H](C)CC[C@]12CC(C)=NO2. The summed E-state index contributed by atoms with van der Waals surface area (Å²) in [6.45, 7) is 3.33. The molecular weight excluding hydrogens is 677 g/mol. The molecule has 1 aromatic carbocycles. The summed E-state index contributed by atoms with van der Waals surface area (Å²) in [5, 5.41) is 6.60. The molecule has 0 unspecified atom stereocenters. The second-order valence-electron chi connectivity index (χ2n) is 12.0. The Morgan fingerprint density at radius 2 is 2.02 bits per heavy atom. The quantitative estimate of drug-likeness (QED) is 0.175. The zero-order valence-corrected chi connectivity index (χ0v) is 27.6. The van der Waals surface area contributed by atoms with E-state index in [2.05, 4.69) is 15.0 Å². The van der Waals surface area contributed by atoms with Crippen LogP contribution >= 0.6 is 7.82 Å². The van der Waals surface area contributed by atoms with Gasteiger partial charge < -0.3 is 43.6 Å². The number of pyridine rings is 1. The molecule has 1 saturated heterocycles. The molecule has 0 radical (unpaired) electrons. The van der Waals surface area contributed by atoms with E-state index in [1.807, 2.05) is 6.92 Å². The molecule has 49 heavy (non-hydrogen) atoms. The normalized spacial score (nSPS) is 22.1. The van der Waals surface area contributed by atoms with E-state index in [4.69, 9.17) is 28.8 Å². The van der Waals surface area contributed by atoms with Gasteiger partial charge in [0.1, 0.15) is 23.3 Å². The molecule has 4 atom stereocenters. The van der Waals surface area contributed by atoms with Crippen molar-refractivity contribution in [2.45, 2.75) is 76.8 Å². The lowest BCUT2D eigenvalue weighted by atomic mass is 9.84. The van der Waals surface area contributed by atoms with Crippen LogP contribution in [0.1, 0.15) is 78.9 Å². The van der Waals surface area contributed by atoms with Gasteiger partial charge in [0.15, 0.2) is 11.3 Å².